The monoisotopic (exact) mass is 1230 g/mol. The maximum Gasteiger partial charge on any atom is 0.387 e. The van der Waals surface area contributed by atoms with Crippen molar-refractivity contribution in [1.82, 2.24) is 49.0 Å². The first-order valence-corrected chi connectivity index (χ1v) is 30.8. The van der Waals surface area contributed by atoms with E-state index in [9.17, 15) is 8.78 Å². The Morgan fingerprint density at radius 1 is 0.570 bits per heavy atom. The minimum Gasteiger partial charge on any atom is -0.435 e. The third-order valence-corrected chi connectivity index (χ3v) is 14.9. The molecule has 5 aromatic heterocycles. The number of rotatable bonds is 9. The Labute approximate surface area is 521 Å². The van der Waals surface area contributed by atoms with Crippen LogP contribution in [0.3, 0.4) is 0 Å². The van der Waals surface area contributed by atoms with Gasteiger partial charge in [-0.1, -0.05) is 110 Å². The number of hydrogen-bond acceptors (Lipinski definition) is 13. The molecule has 5 aliphatic rings. The number of alkyl halides is 2. The van der Waals surface area contributed by atoms with Gasteiger partial charge in [0.25, 0.3) is 0 Å². The quantitative estimate of drug-likeness (QED) is 0.103. The molecule has 456 valence electrons. The number of allylic oxidation sites excluding steroid dienone is 2. The summed E-state index contributed by atoms with van der Waals surface area (Å²) in [5.41, 5.74) is 21.1. The van der Waals surface area contributed by atoms with Gasteiger partial charge < -0.3 is 15.8 Å². The molecule has 86 heavy (non-hydrogen) atoms. The molecule has 0 radical (unpaired) electrons. The van der Waals surface area contributed by atoms with E-state index in [0.717, 1.165) is 73.1 Å². The van der Waals surface area contributed by atoms with Crippen LogP contribution >= 0.6 is 34.8 Å². The number of benzene rings is 3. The Morgan fingerprint density at radius 3 is 1.63 bits per heavy atom. The highest BCUT2D eigenvalue weighted by molar-refractivity contribution is 6.32. The lowest BCUT2D eigenvalue weighted by Gasteiger charge is -2.15. The molecule has 13 rings (SSSR count). The highest BCUT2D eigenvalue weighted by Crippen LogP contribution is 2.33. The molecular formula is C66H81Cl3F2N14O. The Hall–Kier alpha value is -7.47. The number of para-hydroxylation sites is 1. The van der Waals surface area contributed by atoms with Gasteiger partial charge in [-0.3, -0.25) is 34.1 Å². The van der Waals surface area contributed by atoms with Gasteiger partial charge in [0.05, 0.1) is 54.3 Å². The molecule has 8 aromatic rings. The van der Waals surface area contributed by atoms with Gasteiger partial charge in [0, 0.05) is 54.2 Å². The highest BCUT2D eigenvalue weighted by atomic mass is 35.5. The summed E-state index contributed by atoms with van der Waals surface area (Å²) in [5.74, 6) is 4.02. The van der Waals surface area contributed by atoms with Gasteiger partial charge in [0.1, 0.15) is 32.9 Å². The molecule has 0 bridgehead atoms. The number of nitrogens with one attached hydrogen (secondary N) is 1. The summed E-state index contributed by atoms with van der Waals surface area (Å²) >= 11 is 16.7. The summed E-state index contributed by atoms with van der Waals surface area (Å²) in [5, 5.41) is 4.19. The van der Waals surface area contributed by atoms with Crippen molar-refractivity contribution in [1.29, 1.82) is 0 Å². The van der Waals surface area contributed by atoms with E-state index >= 15 is 0 Å². The number of aryl methyl sites for hydroxylation is 5. The van der Waals surface area contributed by atoms with Crippen LogP contribution in [-0.2, 0) is 32.1 Å². The van der Waals surface area contributed by atoms with E-state index in [1.807, 2.05) is 51.1 Å². The lowest BCUT2D eigenvalue weighted by Crippen LogP contribution is -2.10. The Morgan fingerprint density at radius 2 is 1.09 bits per heavy atom. The topological polar surface area (TPSA) is 185 Å². The van der Waals surface area contributed by atoms with Crippen molar-refractivity contribution in [2.24, 2.45) is 9.98 Å². The third kappa shape index (κ3) is 20.6. The number of nitrogen functional groups attached to an aromatic ring is 1. The molecule has 7 heterocycles. The van der Waals surface area contributed by atoms with Gasteiger partial charge in [-0.2, -0.15) is 8.78 Å². The molecule has 0 spiro atoms. The van der Waals surface area contributed by atoms with E-state index in [-0.39, 0.29) is 7.18 Å². The van der Waals surface area contributed by atoms with Crippen molar-refractivity contribution < 1.29 is 14.9 Å². The van der Waals surface area contributed by atoms with Crippen LogP contribution in [-0.4, -0.2) is 67.0 Å². The first kappa shape index (κ1) is 66.1. The molecule has 3 aliphatic carbocycles. The summed E-state index contributed by atoms with van der Waals surface area (Å²) < 4.78 is 33.0. The number of nitrogens with zero attached hydrogens (tertiary/aromatic N) is 12. The van der Waals surface area contributed by atoms with Crippen LogP contribution in [0.2, 0.25) is 15.5 Å². The fourth-order valence-electron chi connectivity index (χ4n) is 10.3. The number of anilines is 3. The molecule has 0 saturated carbocycles. The van der Waals surface area contributed by atoms with E-state index in [2.05, 4.69) is 115 Å². The lowest BCUT2D eigenvalue weighted by atomic mass is 9.96. The molecular weight excluding hydrogens is 1150 g/mol. The Bertz CT molecular complexity index is 3490. The number of unbranched alkanes of at least 4 members (excludes halogenated alkanes) is 3. The zero-order valence-corrected chi connectivity index (χ0v) is 52.7. The minimum atomic E-state index is -2.84. The first-order valence-electron chi connectivity index (χ1n) is 29.7. The van der Waals surface area contributed by atoms with Gasteiger partial charge in [0.2, 0.25) is 0 Å². The predicted molar refractivity (Wildman–Crippen MR) is 348 cm³/mol. The number of imidazole rings is 2. The second-order valence-electron chi connectivity index (χ2n) is 21.4. The van der Waals surface area contributed by atoms with Crippen LogP contribution in [0.4, 0.5) is 31.7 Å². The van der Waals surface area contributed by atoms with E-state index in [0.29, 0.717) is 32.8 Å². The van der Waals surface area contributed by atoms with Gasteiger partial charge in [-0.15, -0.1) is 0 Å². The fraction of sp³-hybridized carbons (Fsp3) is 0.394. The number of hydrogen-bond donors (Lipinski definition) is 2. The predicted octanol–water partition coefficient (Wildman–Crippen LogP) is 17.9. The number of nitrogens with two attached hydrogens (primary N) is 1. The smallest absolute Gasteiger partial charge is 0.387 e. The van der Waals surface area contributed by atoms with Crippen molar-refractivity contribution in [3.8, 4) is 17.4 Å². The van der Waals surface area contributed by atoms with Crippen molar-refractivity contribution in [2.75, 3.05) is 11.1 Å². The second kappa shape index (κ2) is 34.0. The number of aromatic nitrogens is 10. The SMILES string of the molecule is CC1=NC2=C(CCCC2)C1.CC1=Nc2ccccc2C1.CCCCCC.Cc1ccc(N)cc1.Cc1nc2c(n1-c1cncc(Cl)n1)CCCC2.Cc1nc2c(n1-c1cncc(Nc3ccc(OC(F)F)cc3)n1)CCCC2.Clc1cncc(Cl)n1.[HH]. The number of fused-ring (bicyclic) bond motifs is 3. The van der Waals surface area contributed by atoms with Gasteiger partial charge in [0.15, 0.2) is 17.5 Å². The largest absolute Gasteiger partial charge is 0.435 e. The molecule has 0 fully saturated rings. The molecule has 2 aliphatic heterocycles. The summed E-state index contributed by atoms with van der Waals surface area (Å²) in [6.07, 6.45) is 31.4. The van der Waals surface area contributed by atoms with Gasteiger partial charge >= 0.3 is 6.61 Å². The number of aliphatic imine (C=N–C) groups is 2. The second-order valence-corrected chi connectivity index (χ2v) is 22.6. The summed E-state index contributed by atoms with van der Waals surface area (Å²) in [4.78, 5) is 42.8. The Kier molecular flexibility index (Phi) is 26.1. The lowest BCUT2D eigenvalue weighted by molar-refractivity contribution is -0.0498. The maximum atomic E-state index is 12.2. The van der Waals surface area contributed by atoms with Crippen LogP contribution < -0.4 is 15.8 Å². The van der Waals surface area contributed by atoms with E-state index in [1.165, 1.54) is 147 Å². The molecule has 3 aromatic carbocycles. The molecule has 0 unspecified atom stereocenters. The van der Waals surface area contributed by atoms with E-state index < -0.39 is 6.61 Å². The average Bonchev–Trinajstić information content (AvgIpc) is 2.25. The normalized spacial score (nSPS) is 14.1. The van der Waals surface area contributed by atoms with Crippen LogP contribution in [0.15, 0.2) is 131 Å². The van der Waals surface area contributed by atoms with E-state index in [1.54, 1.807) is 42.5 Å². The van der Waals surface area contributed by atoms with Gasteiger partial charge in [-0.05, 0) is 165 Å². The highest BCUT2D eigenvalue weighted by Gasteiger charge is 2.22. The molecule has 3 N–H and O–H groups in total. The van der Waals surface area contributed by atoms with Crippen molar-refractivity contribution in [3.05, 3.63) is 182 Å². The summed E-state index contributed by atoms with van der Waals surface area (Å²) in [7, 11) is 0. The number of halogens is 5. The molecule has 20 heteroatoms. The van der Waals surface area contributed by atoms with Crippen LogP contribution in [0.1, 0.15) is 158 Å². The molecule has 0 saturated heterocycles. The van der Waals surface area contributed by atoms with Crippen molar-refractivity contribution in [2.45, 2.75) is 171 Å². The molecule has 15 nitrogen and oxygen atoms in total. The van der Waals surface area contributed by atoms with E-state index in [4.69, 9.17) is 40.5 Å². The van der Waals surface area contributed by atoms with Crippen LogP contribution in [0.25, 0.3) is 11.6 Å². The number of ether oxygens (including phenoxy) is 1. The van der Waals surface area contributed by atoms with Gasteiger partial charge in [-0.25, -0.2) is 24.9 Å². The Balaban J connectivity index is 0.000000174. The van der Waals surface area contributed by atoms with Crippen LogP contribution in [0, 0.1) is 20.8 Å². The zero-order chi connectivity index (χ0) is 61.4. The van der Waals surface area contributed by atoms with Crippen molar-refractivity contribution >= 4 is 69.1 Å². The summed E-state index contributed by atoms with van der Waals surface area (Å²) in [6.45, 7) is 11.8. The fourth-order valence-corrected chi connectivity index (χ4v) is 10.8. The minimum absolute atomic E-state index is 0. The van der Waals surface area contributed by atoms with Crippen LogP contribution in [0.5, 0.6) is 5.75 Å². The standard InChI is InChI=1S/C19H19F2N5O.C12H13ClN4.C9H13N.C9H9N.C7H9N.C6H14.C4H2Cl2N2.H2/c1-12-23-15-4-2-3-5-16(15)26(12)18-11-22-10-17(25-18)24-13-6-8-14(9-7-13)27-19(20)21;1-8-15-9-4-2-3-5-10(9)17(8)12-7-14-6-11(13)16-12;2*1-7-6-8-4-2-3-5-9(8)10-7;1-6-2-4-7(8)5-3-6;1-3-5-6-4-2;5-3-1-7-2-4(6)8-3;/h6-11,19H,2-5H2,1H3,(H,24,25);6-7H,2-5H2,1H3;2-6H2,1H3;2-5H,6H2,1H3;2-5H,8H2,1H3;3-6H2,1-2H3;1-2H;1H. The third-order valence-electron chi connectivity index (χ3n) is 14.3. The first-order chi connectivity index (χ1) is 41.6. The molecule has 0 amide bonds. The molecule has 0 atom stereocenters. The average molecular weight is 1230 g/mol. The maximum absolute atomic E-state index is 12.2. The zero-order valence-electron chi connectivity index (χ0n) is 50.4. The van der Waals surface area contributed by atoms with Crippen molar-refractivity contribution in [3.63, 3.8) is 0 Å². The summed E-state index contributed by atoms with van der Waals surface area (Å²) in [6, 6.07) is 22.3.